The quantitative estimate of drug-likeness (QED) is 0.263. The Hall–Kier alpha value is -1.58. The minimum absolute atomic E-state index is 0.0987. The zero-order valence-corrected chi connectivity index (χ0v) is 21.0. The molecular formula is C24H37ClN3O2P. The molecule has 1 aromatic rings. The molecule has 2 rings (SSSR count). The Morgan fingerprint density at radius 2 is 1.77 bits per heavy atom. The van der Waals surface area contributed by atoms with Crippen LogP contribution in [-0.2, 0) is 9.59 Å². The van der Waals surface area contributed by atoms with E-state index in [0.717, 1.165) is 44.0 Å². The number of anilines is 2. The van der Waals surface area contributed by atoms with Crippen molar-refractivity contribution < 1.29 is 9.59 Å². The van der Waals surface area contributed by atoms with Crippen molar-refractivity contribution in [2.24, 2.45) is 0 Å². The number of hydrogen-bond donors (Lipinski definition) is 3. The van der Waals surface area contributed by atoms with Gasteiger partial charge in [0.25, 0.3) is 5.91 Å². The number of unbranched alkanes of at least 4 members (excludes halogenated alkanes) is 1. The Morgan fingerprint density at radius 3 is 2.39 bits per heavy atom. The topological polar surface area (TPSA) is 70.2 Å². The molecule has 2 unspecified atom stereocenters. The van der Waals surface area contributed by atoms with Crippen LogP contribution in [0.15, 0.2) is 29.3 Å². The number of halogens is 1. The predicted molar refractivity (Wildman–Crippen MR) is 135 cm³/mol. The van der Waals surface area contributed by atoms with Gasteiger partial charge in [-0.25, -0.2) is 0 Å². The van der Waals surface area contributed by atoms with E-state index in [1.54, 1.807) is 0 Å². The van der Waals surface area contributed by atoms with E-state index in [1.807, 2.05) is 18.2 Å². The van der Waals surface area contributed by atoms with Crippen molar-refractivity contribution in [1.82, 2.24) is 5.32 Å². The largest absolute Gasteiger partial charge is 0.377 e. The van der Waals surface area contributed by atoms with Gasteiger partial charge in [-0.15, -0.1) is 0 Å². The van der Waals surface area contributed by atoms with Crippen molar-refractivity contribution in [1.29, 1.82) is 0 Å². The molecule has 2 atom stereocenters. The predicted octanol–water partition coefficient (Wildman–Crippen LogP) is 6.35. The maximum absolute atomic E-state index is 13.0. The molecule has 0 fully saturated rings. The van der Waals surface area contributed by atoms with Crippen LogP contribution in [0.2, 0.25) is 5.02 Å². The number of carbonyl (C=O) groups is 2. The molecule has 0 saturated heterocycles. The second-order valence-electron chi connectivity index (χ2n) is 8.06. The van der Waals surface area contributed by atoms with E-state index in [9.17, 15) is 9.59 Å². The summed E-state index contributed by atoms with van der Waals surface area (Å²) in [6, 6.07) is 5.52. The average molecular weight is 466 g/mol. The van der Waals surface area contributed by atoms with Crippen molar-refractivity contribution in [2.75, 3.05) is 30.0 Å². The summed E-state index contributed by atoms with van der Waals surface area (Å²) in [7, 11) is -0.144. The molecule has 1 aliphatic rings. The fourth-order valence-corrected chi connectivity index (χ4v) is 5.33. The van der Waals surface area contributed by atoms with Crippen molar-refractivity contribution in [3.8, 4) is 0 Å². The highest BCUT2D eigenvalue weighted by molar-refractivity contribution is 7.57. The molecule has 3 N–H and O–H groups in total. The minimum Gasteiger partial charge on any atom is -0.377 e. The molecule has 31 heavy (non-hydrogen) atoms. The van der Waals surface area contributed by atoms with E-state index in [4.69, 9.17) is 11.6 Å². The van der Waals surface area contributed by atoms with Crippen LogP contribution in [0.25, 0.3) is 0 Å². The number of hydrogen-bond acceptors (Lipinski definition) is 3. The van der Waals surface area contributed by atoms with E-state index < -0.39 is 0 Å². The Labute approximate surface area is 193 Å². The van der Waals surface area contributed by atoms with Crippen LogP contribution in [0.5, 0.6) is 0 Å². The lowest BCUT2D eigenvalue weighted by atomic mass is 9.90. The standard InChI is InChI=1S/C24H37ClN3O2P/c1-5-8-15-26-23(29)18-11-9-10-12-19(18)24(30)27-17-13-14-20(25)21(16-17)28-22(6-2)31(4)7-3/h13-14,16,22,28H,5-12,15H2,1-4H3,(H,26,29)(H,27,30). The smallest absolute Gasteiger partial charge is 0.252 e. The second-order valence-corrected chi connectivity index (χ2v) is 11.2. The Morgan fingerprint density at radius 1 is 1.10 bits per heavy atom. The molecule has 1 aromatic carbocycles. The van der Waals surface area contributed by atoms with E-state index in [2.05, 4.69) is 43.4 Å². The molecule has 0 aromatic heterocycles. The molecule has 0 spiro atoms. The average Bonchev–Trinajstić information content (AvgIpc) is 2.78. The number of rotatable bonds is 11. The van der Waals surface area contributed by atoms with Crippen LogP contribution < -0.4 is 16.0 Å². The first-order valence-electron chi connectivity index (χ1n) is 11.5. The second kappa shape index (κ2) is 13.1. The summed E-state index contributed by atoms with van der Waals surface area (Å²) in [6.45, 7) is 9.41. The zero-order valence-electron chi connectivity index (χ0n) is 19.3. The van der Waals surface area contributed by atoms with Gasteiger partial charge in [-0.2, -0.15) is 0 Å². The van der Waals surface area contributed by atoms with Gasteiger partial charge in [0.15, 0.2) is 0 Å². The van der Waals surface area contributed by atoms with Gasteiger partial charge < -0.3 is 16.0 Å². The number of benzene rings is 1. The highest BCUT2D eigenvalue weighted by Crippen LogP contribution is 2.40. The third kappa shape index (κ3) is 7.50. The van der Waals surface area contributed by atoms with E-state index in [0.29, 0.717) is 47.0 Å². The normalized spacial score (nSPS) is 15.9. The van der Waals surface area contributed by atoms with Crippen LogP contribution in [0.3, 0.4) is 0 Å². The third-order valence-corrected chi connectivity index (χ3v) is 8.68. The Kier molecular flexibility index (Phi) is 10.8. The lowest BCUT2D eigenvalue weighted by Gasteiger charge is -2.25. The van der Waals surface area contributed by atoms with Gasteiger partial charge in [0.05, 0.1) is 10.7 Å². The van der Waals surface area contributed by atoms with Crippen LogP contribution in [0, 0.1) is 0 Å². The summed E-state index contributed by atoms with van der Waals surface area (Å²) in [5.41, 5.74) is 2.77. The Bertz CT molecular complexity index is 797. The molecular weight excluding hydrogens is 429 g/mol. The monoisotopic (exact) mass is 465 g/mol. The maximum atomic E-state index is 13.0. The molecule has 0 aliphatic heterocycles. The Balaban J connectivity index is 2.17. The van der Waals surface area contributed by atoms with Crippen LogP contribution in [-0.4, -0.2) is 37.0 Å². The first-order chi connectivity index (χ1) is 14.9. The lowest BCUT2D eigenvalue weighted by Crippen LogP contribution is -2.30. The molecule has 7 heteroatoms. The molecule has 2 amide bonds. The first kappa shape index (κ1) is 25.7. The van der Waals surface area contributed by atoms with E-state index in [1.165, 1.54) is 0 Å². The number of amides is 2. The highest BCUT2D eigenvalue weighted by Gasteiger charge is 2.24. The number of carbonyl (C=O) groups excluding carboxylic acids is 2. The van der Waals surface area contributed by atoms with Gasteiger partial charge >= 0.3 is 0 Å². The van der Waals surface area contributed by atoms with Gasteiger partial charge in [-0.3, -0.25) is 9.59 Å². The van der Waals surface area contributed by atoms with Crippen LogP contribution >= 0.6 is 19.5 Å². The van der Waals surface area contributed by atoms with E-state index in [-0.39, 0.29) is 19.7 Å². The summed E-state index contributed by atoms with van der Waals surface area (Å²) in [4.78, 5) is 25.7. The maximum Gasteiger partial charge on any atom is 0.252 e. The van der Waals surface area contributed by atoms with Gasteiger partial charge in [-0.05, 0) is 69.6 Å². The molecule has 5 nitrogen and oxygen atoms in total. The molecule has 0 radical (unpaired) electrons. The lowest BCUT2D eigenvalue weighted by molar-refractivity contribution is -0.119. The molecule has 0 saturated carbocycles. The third-order valence-electron chi connectivity index (χ3n) is 5.80. The van der Waals surface area contributed by atoms with Gasteiger partial charge in [0.2, 0.25) is 5.91 Å². The molecule has 0 bridgehead atoms. The van der Waals surface area contributed by atoms with Gasteiger partial charge in [-0.1, -0.05) is 46.7 Å². The van der Waals surface area contributed by atoms with Crippen molar-refractivity contribution in [3.63, 3.8) is 0 Å². The van der Waals surface area contributed by atoms with Gasteiger partial charge in [0.1, 0.15) is 0 Å². The SMILES string of the molecule is CCCCNC(=O)C1=C(C(=O)Nc2ccc(Cl)c(NC(CC)P(C)CC)c2)CCCC1. The van der Waals surface area contributed by atoms with E-state index >= 15 is 0 Å². The first-order valence-corrected chi connectivity index (χ1v) is 13.9. The summed E-state index contributed by atoms with van der Waals surface area (Å²) in [6.07, 6.45) is 7.29. The molecule has 172 valence electrons. The summed E-state index contributed by atoms with van der Waals surface area (Å²) < 4.78 is 0. The summed E-state index contributed by atoms with van der Waals surface area (Å²) >= 11 is 6.43. The van der Waals surface area contributed by atoms with Gasteiger partial charge in [0, 0.05) is 29.2 Å². The highest BCUT2D eigenvalue weighted by atomic mass is 35.5. The van der Waals surface area contributed by atoms with Crippen molar-refractivity contribution in [2.45, 2.75) is 71.5 Å². The fraction of sp³-hybridized carbons (Fsp3) is 0.583. The minimum atomic E-state index is -0.188. The summed E-state index contributed by atoms with van der Waals surface area (Å²) in [5, 5.41) is 10.2. The van der Waals surface area contributed by atoms with Crippen molar-refractivity contribution in [3.05, 3.63) is 34.4 Å². The molecule has 1 aliphatic carbocycles. The number of nitrogens with one attached hydrogen (secondary N) is 3. The fourth-order valence-electron chi connectivity index (χ4n) is 3.74. The molecule has 0 heterocycles. The van der Waals surface area contributed by atoms with Crippen LogP contribution in [0.1, 0.15) is 65.7 Å². The summed E-state index contributed by atoms with van der Waals surface area (Å²) in [5.74, 6) is 0.0910. The van der Waals surface area contributed by atoms with Crippen LogP contribution in [0.4, 0.5) is 11.4 Å². The zero-order chi connectivity index (χ0) is 22.8. The van der Waals surface area contributed by atoms with Crippen molar-refractivity contribution >= 4 is 42.7 Å².